The van der Waals surface area contributed by atoms with Crippen LogP contribution in [0.25, 0.3) is 22.3 Å². The van der Waals surface area contributed by atoms with Gasteiger partial charge in [0, 0.05) is 17.0 Å². The quantitative estimate of drug-likeness (QED) is 0.299. The van der Waals surface area contributed by atoms with Crippen molar-refractivity contribution in [2.24, 2.45) is 0 Å². The van der Waals surface area contributed by atoms with E-state index in [0.717, 1.165) is 12.1 Å². The number of halogens is 4. The fourth-order valence-corrected chi connectivity index (χ4v) is 3.81. The molecule has 0 atom stereocenters. The minimum Gasteiger partial charge on any atom is -0.206 e. The highest BCUT2D eigenvalue weighted by Crippen LogP contribution is 2.33. The molecule has 0 saturated carbocycles. The van der Waals surface area contributed by atoms with Gasteiger partial charge in [0.2, 0.25) is 0 Å². The molecule has 2 nitrogen and oxygen atoms in total. The molecule has 0 aliphatic carbocycles. The first-order valence-electron chi connectivity index (χ1n) is 10.3. The van der Waals surface area contributed by atoms with Crippen molar-refractivity contribution in [3.63, 3.8) is 0 Å². The lowest BCUT2D eigenvalue weighted by molar-refractivity contribution is 0.620. The van der Waals surface area contributed by atoms with Crippen molar-refractivity contribution in [2.45, 2.75) is 12.8 Å². The highest BCUT2D eigenvalue weighted by Gasteiger charge is 2.16. The zero-order chi connectivity index (χ0) is 24.4. The standard InChI is InChI=1S/C28H16F4N2/c1-16(17-6-8-23(27(31)10-17)19-2-4-21(14-33)25(29)12-19)18-7-9-24(28(32)11-18)20-3-5-22(15-34)26(30)13-20/h2-13,16H,1H3. The number of nitrogens with zero attached hydrogens (tertiary/aromatic N) is 2. The molecule has 0 heterocycles. The molecule has 0 N–H and O–H groups in total. The van der Waals surface area contributed by atoms with Crippen molar-refractivity contribution in [1.29, 1.82) is 10.5 Å². The number of benzene rings is 4. The molecule has 0 bridgehead atoms. The normalized spacial score (nSPS) is 10.7. The Morgan fingerprint density at radius 2 is 0.971 bits per heavy atom. The maximum absolute atomic E-state index is 14.9. The topological polar surface area (TPSA) is 47.6 Å². The maximum atomic E-state index is 14.9. The third kappa shape index (κ3) is 4.27. The van der Waals surface area contributed by atoms with E-state index in [9.17, 15) is 17.6 Å². The fourth-order valence-electron chi connectivity index (χ4n) is 3.81. The van der Waals surface area contributed by atoms with Crippen molar-refractivity contribution < 1.29 is 17.6 Å². The molecule has 4 aromatic rings. The molecule has 0 amide bonds. The van der Waals surface area contributed by atoms with Crippen LogP contribution in [0.1, 0.15) is 35.1 Å². The summed E-state index contributed by atoms with van der Waals surface area (Å²) in [6.45, 7) is 1.80. The van der Waals surface area contributed by atoms with E-state index in [0.29, 0.717) is 22.3 Å². The van der Waals surface area contributed by atoms with Gasteiger partial charge in [-0.3, -0.25) is 0 Å². The minimum atomic E-state index is -0.727. The van der Waals surface area contributed by atoms with Crippen molar-refractivity contribution in [1.82, 2.24) is 0 Å². The van der Waals surface area contributed by atoms with Gasteiger partial charge in [0.1, 0.15) is 35.4 Å². The van der Waals surface area contributed by atoms with Gasteiger partial charge in [-0.05, 0) is 58.7 Å². The molecule has 0 spiro atoms. The molecule has 0 unspecified atom stereocenters. The van der Waals surface area contributed by atoms with Crippen molar-refractivity contribution in [3.05, 3.63) is 118 Å². The highest BCUT2D eigenvalue weighted by molar-refractivity contribution is 5.67. The summed E-state index contributed by atoms with van der Waals surface area (Å²) < 4.78 is 57.6. The smallest absolute Gasteiger partial charge is 0.141 e. The Balaban J connectivity index is 1.62. The second kappa shape index (κ2) is 9.21. The summed E-state index contributed by atoms with van der Waals surface area (Å²) in [5.74, 6) is -2.95. The Hall–Kier alpha value is -4.42. The van der Waals surface area contributed by atoms with Crippen molar-refractivity contribution in [2.75, 3.05) is 0 Å². The van der Waals surface area contributed by atoms with Gasteiger partial charge >= 0.3 is 0 Å². The monoisotopic (exact) mass is 456 g/mol. The molecule has 0 radical (unpaired) electrons. The van der Waals surface area contributed by atoms with E-state index in [2.05, 4.69) is 0 Å². The average molecular weight is 456 g/mol. The highest BCUT2D eigenvalue weighted by atomic mass is 19.1. The van der Waals surface area contributed by atoms with Crippen LogP contribution in [0.2, 0.25) is 0 Å². The van der Waals surface area contributed by atoms with Crippen LogP contribution in [0, 0.1) is 45.9 Å². The molecule has 0 saturated heterocycles. The summed E-state index contributed by atoms with van der Waals surface area (Å²) in [5.41, 5.74) is 1.91. The maximum Gasteiger partial charge on any atom is 0.141 e. The van der Waals surface area contributed by atoms with Crippen molar-refractivity contribution >= 4 is 0 Å². The predicted molar refractivity (Wildman–Crippen MR) is 121 cm³/mol. The summed E-state index contributed by atoms with van der Waals surface area (Å²) in [7, 11) is 0. The molecule has 166 valence electrons. The lowest BCUT2D eigenvalue weighted by Crippen LogP contribution is -2.00. The molecule has 0 aromatic heterocycles. The Morgan fingerprint density at radius 1 is 0.559 bits per heavy atom. The van der Waals surface area contributed by atoms with Crippen LogP contribution in [0.5, 0.6) is 0 Å². The van der Waals surface area contributed by atoms with E-state index in [-0.39, 0.29) is 28.2 Å². The van der Waals surface area contributed by atoms with Gasteiger partial charge in [0.15, 0.2) is 0 Å². The van der Waals surface area contributed by atoms with Gasteiger partial charge < -0.3 is 0 Å². The van der Waals surface area contributed by atoms with Crippen LogP contribution in [0.3, 0.4) is 0 Å². The number of hydrogen-bond acceptors (Lipinski definition) is 2. The molecule has 0 aliphatic rings. The average Bonchev–Trinajstić information content (AvgIpc) is 2.83. The van der Waals surface area contributed by atoms with E-state index in [1.807, 2.05) is 0 Å². The van der Waals surface area contributed by atoms with E-state index in [4.69, 9.17) is 10.5 Å². The number of hydrogen-bond donors (Lipinski definition) is 0. The Bertz CT molecular complexity index is 1380. The van der Waals surface area contributed by atoms with Gasteiger partial charge in [0.25, 0.3) is 0 Å². The molecule has 0 fully saturated rings. The van der Waals surface area contributed by atoms with E-state index in [1.54, 1.807) is 31.2 Å². The van der Waals surface area contributed by atoms with Crippen LogP contribution in [-0.4, -0.2) is 0 Å². The van der Waals surface area contributed by atoms with E-state index in [1.165, 1.54) is 48.5 Å². The SMILES string of the molecule is CC(c1ccc(-c2ccc(C#N)c(F)c2)c(F)c1)c1ccc(-c2ccc(C#N)c(F)c2)c(F)c1. The van der Waals surface area contributed by atoms with Crippen LogP contribution in [0.15, 0.2) is 72.8 Å². The lowest BCUT2D eigenvalue weighted by Gasteiger charge is -2.15. The van der Waals surface area contributed by atoms with Gasteiger partial charge in [-0.1, -0.05) is 43.3 Å². The summed E-state index contributed by atoms with van der Waals surface area (Å²) in [5, 5.41) is 17.7. The number of nitriles is 2. The minimum absolute atomic E-state index is 0.122. The van der Waals surface area contributed by atoms with Crippen LogP contribution in [-0.2, 0) is 0 Å². The summed E-state index contributed by atoms with van der Waals surface area (Å²) >= 11 is 0. The molecular formula is C28H16F4N2. The molecule has 4 rings (SSSR count). The Labute approximate surface area is 194 Å². The van der Waals surface area contributed by atoms with E-state index < -0.39 is 23.3 Å². The molecular weight excluding hydrogens is 440 g/mol. The summed E-state index contributed by atoms with van der Waals surface area (Å²) in [4.78, 5) is 0. The zero-order valence-corrected chi connectivity index (χ0v) is 17.9. The number of rotatable bonds is 4. The third-order valence-corrected chi connectivity index (χ3v) is 5.79. The molecule has 6 heteroatoms. The van der Waals surface area contributed by atoms with Gasteiger partial charge in [-0.15, -0.1) is 0 Å². The Morgan fingerprint density at radius 3 is 1.29 bits per heavy atom. The van der Waals surface area contributed by atoms with E-state index >= 15 is 0 Å². The zero-order valence-electron chi connectivity index (χ0n) is 17.9. The van der Waals surface area contributed by atoms with Crippen LogP contribution >= 0.6 is 0 Å². The van der Waals surface area contributed by atoms with Gasteiger partial charge in [-0.2, -0.15) is 10.5 Å². The first-order chi connectivity index (χ1) is 16.3. The van der Waals surface area contributed by atoms with Crippen LogP contribution < -0.4 is 0 Å². The molecule has 4 aromatic carbocycles. The first kappa shape index (κ1) is 22.8. The molecule has 0 aliphatic heterocycles. The van der Waals surface area contributed by atoms with Crippen LogP contribution in [0.4, 0.5) is 17.6 Å². The second-order valence-electron chi connectivity index (χ2n) is 7.81. The second-order valence-corrected chi connectivity index (χ2v) is 7.81. The third-order valence-electron chi connectivity index (χ3n) is 5.79. The Kier molecular flexibility index (Phi) is 6.17. The van der Waals surface area contributed by atoms with Gasteiger partial charge in [-0.25, -0.2) is 17.6 Å². The summed E-state index contributed by atoms with van der Waals surface area (Å²) in [6, 6.07) is 20.3. The summed E-state index contributed by atoms with van der Waals surface area (Å²) in [6.07, 6.45) is 0. The first-order valence-corrected chi connectivity index (χ1v) is 10.3. The van der Waals surface area contributed by atoms with Gasteiger partial charge in [0.05, 0.1) is 11.1 Å². The lowest BCUT2D eigenvalue weighted by atomic mass is 9.90. The fraction of sp³-hybridized carbons (Fsp3) is 0.0714. The predicted octanol–water partition coefficient (Wildman–Crippen LogP) is 7.47. The molecule has 34 heavy (non-hydrogen) atoms. The van der Waals surface area contributed by atoms with Crippen molar-refractivity contribution in [3.8, 4) is 34.4 Å². The largest absolute Gasteiger partial charge is 0.206 e.